The van der Waals surface area contributed by atoms with Crippen LogP contribution in [0.4, 0.5) is 23.3 Å². The van der Waals surface area contributed by atoms with Gasteiger partial charge in [0.25, 0.3) is 0 Å². The van der Waals surface area contributed by atoms with Gasteiger partial charge < -0.3 is 41.4 Å². The Kier molecular flexibility index (Phi) is 14.4. The zero-order valence-corrected chi connectivity index (χ0v) is 37.9. The average molecular weight is 901 g/mol. The Balaban J connectivity index is 0.959. The van der Waals surface area contributed by atoms with E-state index in [4.69, 9.17) is 37.7 Å². The number of aromatic nitrogens is 5. The number of pyridine rings is 3. The van der Waals surface area contributed by atoms with Crippen molar-refractivity contribution in [1.29, 1.82) is 0 Å². The molecule has 4 aliphatic heterocycles. The Bertz CT molecular complexity index is 2250. The van der Waals surface area contributed by atoms with Gasteiger partial charge in [-0.25, -0.2) is 24.9 Å². The maximum Gasteiger partial charge on any atom is 0.229 e. The van der Waals surface area contributed by atoms with Gasteiger partial charge >= 0.3 is 0 Å². The number of amides is 2. The molecule has 4 aromatic heterocycles. The van der Waals surface area contributed by atoms with Crippen LogP contribution in [0.2, 0.25) is 10.0 Å². The number of anilines is 4. The number of piperidine rings is 1. The average Bonchev–Trinajstić information content (AvgIpc) is 3.82. The first-order valence-electron chi connectivity index (χ1n) is 22.3. The van der Waals surface area contributed by atoms with Gasteiger partial charge in [-0.05, 0) is 120 Å². The monoisotopic (exact) mass is 899 g/mol. The molecule has 336 valence electrons. The highest BCUT2D eigenvalue weighted by Crippen LogP contribution is 2.37. The van der Waals surface area contributed by atoms with Crippen LogP contribution in [0.15, 0.2) is 49.1 Å². The van der Waals surface area contributed by atoms with E-state index in [1.54, 1.807) is 18.5 Å². The molecule has 17 heteroatoms. The van der Waals surface area contributed by atoms with E-state index in [9.17, 15) is 9.59 Å². The number of hydrogen-bond acceptors (Lipinski definition) is 13. The molecule has 0 aliphatic carbocycles. The summed E-state index contributed by atoms with van der Waals surface area (Å²) in [6, 6.07) is 9.58. The van der Waals surface area contributed by atoms with Gasteiger partial charge in [-0.1, -0.05) is 23.2 Å². The quantitative estimate of drug-likeness (QED) is 0.0744. The number of carbonyl (C=O) groups excluding carboxylic acids is 2. The normalized spacial score (nSPS) is 24.7. The van der Waals surface area contributed by atoms with Crippen LogP contribution in [0, 0.1) is 23.7 Å². The van der Waals surface area contributed by atoms with Gasteiger partial charge in [-0.3, -0.25) is 9.59 Å². The molecule has 4 aromatic rings. The van der Waals surface area contributed by atoms with Crippen molar-refractivity contribution in [3.05, 3.63) is 64.8 Å². The summed E-state index contributed by atoms with van der Waals surface area (Å²) in [4.78, 5) is 48.9. The molecule has 15 nitrogen and oxygen atoms in total. The largest absolute Gasteiger partial charge is 0.376 e. The fourth-order valence-corrected chi connectivity index (χ4v) is 9.73. The van der Waals surface area contributed by atoms with Gasteiger partial charge in [-0.15, -0.1) is 0 Å². The summed E-state index contributed by atoms with van der Waals surface area (Å²) in [6.45, 7) is 12.3. The lowest BCUT2D eigenvalue weighted by molar-refractivity contribution is -0.120. The molecule has 0 saturated carbocycles. The predicted molar refractivity (Wildman–Crippen MR) is 247 cm³/mol. The minimum atomic E-state index is -0.495. The lowest BCUT2D eigenvalue weighted by atomic mass is 9.83. The van der Waals surface area contributed by atoms with Crippen molar-refractivity contribution in [2.45, 2.75) is 83.3 Å². The van der Waals surface area contributed by atoms with Crippen molar-refractivity contribution in [2.75, 3.05) is 73.7 Å². The summed E-state index contributed by atoms with van der Waals surface area (Å²) in [5, 5.41) is 20.6. The Morgan fingerprint density at radius 1 is 0.714 bits per heavy atom. The molecule has 0 spiro atoms. The second-order valence-electron chi connectivity index (χ2n) is 18.4. The molecule has 8 heterocycles. The van der Waals surface area contributed by atoms with Gasteiger partial charge in [0.15, 0.2) is 0 Å². The molecule has 2 amide bonds. The molecule has 3 unspecified atom stereocenters. The molecule has 63 heavy (non-hydrogen) atoms. The highest BCUT2D eigenvalue weighted by molar-refractivity contribution is 6.33. The zero-order valence-electron chi connectivity index (χ0n) is 36.4. The second-order valence-corrected chi connectivity index (χ2v) is 19.2. The number of nitrogens with zero attached hydrogens (tertiary/aromatic N) is 5. The number of rotatable bonds is 14. The molecule has 0 bridgehead atoms. The molecule has 5 atom stereocenters. The van der Waals surface area contributed by atoms with Gasteiger partial charge in [0.2, 0.25) is 11.8 Å². The summed E-state index contributed by atoms with van der Waals surface area (Å²) >= 11 is 13.5. The third kappa shape index (κ3) is 12.0. The maximum absolute atomic E-state index is 13.0. The summed E-state index contributed by atoms with van der Waals surface area (Å²) < 4.78 is 12.5. The van der Waals surface area contributed by atoms with Crippen LogP contribution in [0.25, 0.3) is 22.4 Å². The summed E-state index contributed by atoms with van der Waals surface area (Å²) in [7, 11) is 0. The first-order chi connectivity index (χ1) is 30.4. The molecule has 4 saturated heterocycles. The van der Waals surface area contributed by atoms with Crippen LogP contribution >= 0.6 is 23.2 Å². The highest BCUT2D eigenvalue weighted by atomic mass is 35.5. The van der Waals surface area contributed by atoms with Crippen LogP contribution in [0.3, 0.4) is 0 Å². The van der Waals surface area contributed by atoms with Crippen LogP contribution in [0.5, 0.6) is 0 Å². The van der Waals surface area contributed by atoms with Crippen molar-refractivity contribution in [3.8, 4) is 22.4 Å². The van der Waals surface area contributed by atoms with E-state index in [-0.39, 0.29) is 35.2 Å². The van der Waals surface area contributed by atoms with Crippen molar-refractivity contribution >= 4 is 58.3 Å². The van der Waals surface area contributed by atoms with E-state index in [2.05, 4.69) is 78.7 Å². The molecule has 0 radical (unpaired) electrons. The standard InChI is InChI=1S/C46H59Cl2N11O4/c1-45(2)18-28(7-11-62-45)21-52-40-14-32(34-15-41(53-25-36(34)47)58-44(61)31-6-10-50-24-31)13-33(57-40)20-46(3)19-29(8-12-63-46)22-51-39-17-38(55-27-56-39)35-16-42(54-26-37(35)48)59-43(60)30-5-4-9-49-23-30/h13-17,25-31,49-50H,4-12,18-24H2,1-3H3,(H,52,57)(H,51,55,56)(H,53,58,61)(H,54,59,60)/t28?,29?,30-,31-,46?/m1/s1. The smallest absolute Gasteiger partial charge is 0.229 e. The molecule has 8 rings (SSSR count). The maximum atomic E-state index is 13.0. The Labute approximate surface area is 379 Å². The number of nitrogens with one attached hydrogen (secondary N) is 6. The summed E-state index contributed by atoms with van der Waals surface area (Å²) in [5.74, 6) is 2.74. The Hall–Kier alpha value is -4.51. The molecule has 0 aromatic carbocycles. The summed E-state index contributed by atoms with van der Waals surface area (Å²) in [5.41, 5.74) is 3.13. The third-order valence-electron chi connectivity index (χ3n) is 12.6. The SMILES string of the molecule is CC1(C)CC(CNc2cc(-c3cc(NC(=O)[C@@H]4CCNC4)ncc3Cl)cc(CC3(C)CC(CNc4cc(-c5cc(NC(=O)[C@@H]6CCCNC6)ncc5Cl)ncn4)CCO3)n2)CCO1. The van der Waals surface area contributed by atoms with Gasteiger partial charge in [-0.2, -0.15) is 0 Å². The van der Waals surface area contributed by atoms with Crippen molar-refractivity contribution < 1.29 is 19.1 Å². The Morgan fingerprint density at radius 2 is 1.37 bits per heavy atom. The first kappa shape index (κ1) is 45.1. The lowest BCUT2D eigenvalue weighted by Gasteiger charge is -2.38. The fraction of sp³-hybridized carbons (Fsp3) is 0.543. The van der Waals surface area contributed by atoms with E-state index in [0.29, 0.717) is 77.3 Å². The molecular weight excluding hydrogens is 841 g/mol. The predicted octanol–water partition coefficient (Wildman–Crippen LogP) is 7.25. The van der Waals surface area contributed by atoms with Crippen molar-refractivity contribution in [1.82, 2.24) is 35.6 Å². The van der Waals surface area contributed by atoms with E-state index in [1.807, 2.05) is 18.2 Å². The van der Waals surface area contributed by atoms with Crippen LogP contribution in [0.1, 0.15) is 71.4 Å². The van der Waals surface area contributed by atoms with E-state index >= 15 is 0 Å². The van der Waals surface area contributed by atoms with Gasteiger partial charge in [0, 0.05) is 81.1 Å². The van der Waals surface area contributed by atoms with Gasteiger partial charge in [0.1, 0.15) is 29.6 Å². The molecule has 4 aliphatic rings. The lowest BCUT2D eigenvalue weighted by Crippen LogP contribution is -2.41. The highest BCUT2D eigenvalue weighted by Gasteiger charge is 2.35. The van der Waals surface area contributed by atoms with E-state index in [0.717, 1.165) is 93.8 Å². The molecule has 4 fully saturated rings. The fourth-order valence-electron chi connectivity index (χ4n) is 9.32. The number of hydrogen-bond donors (Lipinski definition) is 6. The van der Waals surface area contributed by atoms with Crippen LogP contribution in [-0.2, 0) is 25.5 Å². The summed E-state index contributed by atoms with van der Waals surface area (Å²) in [6.07, 6.45) is 11.4. The van der Waals surface area contributed by atoms with Crippen molar-refractivity contribution in [3.63, 3.8) is 0 Å². The van der Waals surface area contributed by atoms with Crippen molar-refractivity contribution in [2.24, 2.45) is 23.7 Å². The Morgan fingerprint density at radius 3 is 2.05 bits per heavy atom. The zero-order chi connectivity index (χ0) is 44.0. The van der Waals surface area contributed by atoms with Crippen LogP contribution < -0.4 is 31.9 Å². The molecule has 6 N–H and O–H groups in total. The number of ether oxygens (including phenoxy) is 2. The first-order valence-corrected chi connectivity index (χ1v) is 23.1. The van der Waals surface area contributed by atoms with Gasteiger partial charge in [0.05, 0.1) is 38.8 Å². The van der Waals surface area contributed by atoms with E-state index < -0.39 is 5.60 Å². The minimum absolute atomic E-state index is 0.0500. The van der Waals surface area contributed by atoms with E-state index in [1.165, 1.54) is 6.33 Å². The number of halogens is 2. The number of carbonyl (C=O) groups is 2. The second kappa shape index (κ2) is 20.1. The topological polar surface area (TPSA) is 189 Å². The molecular formula is C46H59Cl2N11O4. The third-order valence-corrected chi connectivity index (χ3v) is 13.2. The minimum Gasteiger partial charge on any atom is -0.376 e. The van der Waals surface area contributed by atoms with Crippen LogP contribution in [-0.4, -0.2) is 100 Å².